The zero-order valence-corrected chi connectivity index (χ0v) is 9.50. The van der Waals surface area contributed by atoms with E-state index in [1.54, 1.807) is 12.1 Å². The third-order valence-corrected chi connectivity index (χ3v) is 2.63. The van der Waals surface area contributed by atoms with Gasteiger partial charge in [-0.2, -0.15) is 0 Å². The van der Waals surface area contributed by atoms with Crippen LogP contribution in [-0.4, -0.2) is 11.1 Å². The van der Waals surface area contributed by atoms with E-state index in [0.717, 1.165) is 18.4 Å². The van der Waals surface area contributed by atoms with Gasteiger partial charge in [-0.15, -0.1) is 0 Å². The van der Waals surface area contributed by atoms with Gasteiger partial charge in [0, 0.05) is 5.02 Å². The highest BCUT2D eigenvalue weighted by Crippen LogP contribution is 2.16. The monoisotopic (exact) mass is 226 g/mol. The molecule has 0 aromatic heterocycles. The second kappa shape index (κ2) is 5.76. The molecule has 1 N–H and O–H groups in total. The molecule has 1 unspecified atom stereocenters. The van der Waals surface area contributed by atoms with Crippen molar-refractivity contribution in [3.63, 3.8) is 0 Å². The van der Waals surface area contributed by atoms with Crippen LogP contribution < -0.4 is 0 Å². The fourth-order valence-corrected chi connectivity index (χ4v) is 1.69. The van der Waals surface area contributed by atoms with Gasteiger partial charge in [-0.3, -0.25) is 4.79 Å². The molecule has 0 heterocycles. The van der Waals surface area contributed by atoms with Gasteiger partial charge in [-0.1, -0.05) is 37.1 Å². The van der Waals surface area contributed by atoms with Crippen molar-refractivity contribution in [1.82, 2.24) is 0 Å². The molecule has 1 aromatic rings. The number of carboxylic acid groups (broad SMARTS) is 1. The van der Waals surface area contributed by atoms with E-state index in [9.17, 15) is 4.79 Å². The lowest BCUT2D eigenvalue weighted by Crippen LogP contribution is -2.16. The number of rotatable bonds is 5. The smallest absolute Gasteiger partial charge is 0.306 e. The normalized spacial score (nSPS) is 12.4. The van der Waals surface area contributed by atoms with E-state index >= 15 is 0 Å². The van der Waals surface area contributed by atoms with Crippen LogP contribution in [-0.2, 0) is 11.2 Å². The van der Waals surface area contributed by atoms with E-state index in [1.807, 2.05) is 19.1 Å². The molecule has 0 aliphatic heterocycles. The van der Waals surface area contributed by atoms with Crippen molar-refractivity contribution in [2.75, 3.05) is 0 Å². The van der Waals surface area contributed by atoms with Crippen LogP contribution in [0.2, 0.25) is 5.02 Å². The van der Waals surface area contributed by atoms with Gasteiger partial charge in [-0.25, -0.2) is 0 Å². The number of carbonyl (C=O) groups is 1. The van der Waals surface area contributed by atoms with Gasteiger partial charge in [0.1, 0.15) is 0 Å². The third kappa shape index (κ3) is 3.92. The molecular weight excluding hydrogens is 212 g/mol. The Morgan fingerprint density at radius 2 is 2.00 bits per heavy atom. The largest absolute Gasteiger partial charge is 0.481 e. The molecule has 0 aliphatic carbocycles. The molecule has 82 valence electrons. The highest BCUT2D eigenvalue weighted by molar-refractivity contribution is 6.30. The maximum atomic E-state index is 10.9. The average molecular weight is 227 g/mol. The predicted molar refractivity (Wildman–Crippen MR) is 61.2 cm³/mol. The second-order valence-electron chi connectivity index (χ2n) is 3.65. The van der Waals surface area contributed by atoms with Gasteiger partial charge in [0.15, 0.2) is 0 Å². The first-order valence-corrected chi connectivity index (χ1v) is 5.48. The zero-order valence-electron chi connectivity index (χ0n) is 8.74. The van der Waals surface area contributed by atoms with Crippen molar-refractivity contribution < 1.29 is 9.90 Å². The number of halogens is 1. The van der Waals surface area contributed by atoms with E-state index in [4.69, 9.17) is 16.7 Å². The molecule has 2 nitrogen and oxygen atoms in total. The fourth-order valence-electron chi connectivity index (χ4n) is 1.57. The standard InChI is InChI=1S/C12H15ClO2/c1-2-3-10(12(14)15)8-9-4-6-11(13)7-5-9/h4-7,10H,2-3,8H2,1H3,(H,14,15). The van der Waals surface area contributed by atoms with Crippen molar-refractivity contribution in [3.8, 4) is 0 Å². The van der Waals surface area contributed by atoms with Crippen molar-refractivity contribution >= 4 is 17.6 Å². The maximum Gasteiger partial charge on any atom is 0.306 e. The van der Waals surface area contributed by atoms with Gasteiger partial charge in [0.25, 0.3) is 0 Å². The van der Waals surface area contributed by atoms with Crippen molar-refractivity contribution in [1.29, 1.82) is 0 Å². The van der Waals surface area contributed by atoms with Gasteiger partial charge >= 0.3 is 5.97 Å². The van der Waals surface area contributed by atoms with Crippen LogP contribution in [0.4, 0.5) is 0 Å². The first-order valence-electron chi connectivity index (χ1n) is 5.10. The molecule has 0 saturated heterocycles. The summed E-state index contributed by atoms with van der Waals surface area (Å²) >= 11 is 5.76. The Kier molecular flexibility index (Phi) is 4.63. The van der Waals surface area contributed by atoms with Gasteiger partial charge < -0.3 is 5.11 Å². The van der Waals surface area contributed by atoms with Crippen LogP contribution in [0.3, 0.4) is 0 Å². The molecule has 0 radical (unpaired) electrons. The second-order valence-corrected chi connectivity index (χ2v) is 4.09. The number of aliphatic carboxylic acids is 1. The number of benzene rings is 1. The number of hydrogen-bond donors (Lipinski definition) is 1. The minimum absolute atomic E-state index is 0.281. The summed E-state index contributed by atoms with van der Waals surface area (Å²) in [4.78, 5) is 10.9. The lowest BCUT2D eigenvalue weighted by Gasteiger charge is -2.10. The van der Waals surface area contributed by atoms with Crippen LogP contribution >= 0.6 is 11.6 Å². The Balaban J connectivity index is 2.65. The molecule has 0 bridgehead atoms. The Morgan fingerprint density at radius 1 is 1.40 bits per heavy atom. The molecule has 15 heavy (non-hydrogen) atoms. The van der Waals surface area contributed by atoms with Crippen molar-refractivity contribution in [3.05, 3.63) is 34.9 Å². The Labute approximate surface area is 94.9 Å². The quantitative estimate of drug-likeness (QED) is 0.836. The minimum atomic E-state index is -0.716. The van der Waals surface area contributed by atoms with E-state index in [-0.39, 0.29) is 5.92 Å². The van der Waals surface area contributed by atoms with Gasteiger partial charge in [0.2, 0.25) is 0 Å². The van der Waals surface area contributed by atoms with Crippen LogP contribution in [0.1, 0.15) is 25.3 Å². The molecule has 0 saturated carbocycles. The van der Waals surface area contributed by atoms with E-state index in [0.29, 0.717) is 11.4 Å². The first-order chi connectivity index (χ1) is 7.13. The summed E-state index contributed by atoms with van der Waals surface area (Å²) in [5.41, 5.74) is 1.03. The first kappa shape index (κ1) is 12.1. The molecule has 0 fully saturated rings. The Hall–Kier alpha value is -1.02. The predicted octanol–water partition coefficient (Wildman–Crippen LogP) is 3.38. The van der Waals surface area contributed by atoms with E-state index < -0.39 is 5.97 Å². The zero-order chi connectivity index (χ0) is 11.3. The summed E-state index contributed by atoms with van der Waals surface area (Å²) in [5.74, 6) is -0.997. The number of carboxylic acids is 1. The number of hydrogen-bond acceptors (Lipinski definition) is 1. The maximum absolute atomic E-state index is 10.9. The highest BCUT2D eigenvalue weighted by atomic mass is 35.5. The van der Waals surface area contributed by atoms with E-state index in [2.05, 4.69) is 0 Å². The highest BCUT2D eigenvalue weighted by Gasteiger charge is 2.16. The van der Waals surface area contributed by atoms with Crippen LogP contribution in [0.5, 0.6) is 0 Å². The summed E-state index contributed by atoms with van der Waals surface area (Å²) in [5, 5.41) is 9.68. The minimum Gasteiger partial charge on any atom is -0.481 e. The summed E-state index contributed by atoms with van der Waals surface area (Å²) < 4.78 is 0. The summed E-state index contributed by atoms with van der Waals surface area (Å²) in [6.07, 6.45) is 2.20. The van der Waals surface area contributed by atoms with Gasteiger partial charge in [0.05, 0.1) is 5.92 Å². The van der Waals surface area contributed by atoms with Crippen LogP contribution in [0.15, 0.2) is 24.3 Å². The topological polar surface area (TPSA) is 37.3 Å². The SMILES string of the molecule is CCCC(Cc1ccc(Cl)cc1)C(=O)O. The lowest BCUT2D eigenvalue weighted by molar-refractivity contribution is -0.141. The third-order valence-electron chi connectivity index (χ3n) is 2.38. The molecule has 0 aliphatic rings. The summed E-state index contributed by atoms with van der Waals surface area (Å²) in [7, 11) is 0. The Morgan fingerprint density at radius 3 is 2.47 bits per heavy atom. The fraction of sp³-hybridized carbons (Fsp3) is 0.417. The molecule has 3 heteroatoms. The summed E-state index contributed by atoms with van der Waals surface area (Å²) in [6, 6.07) is 7.35. The van der Waals surface area contributed by atoms with E-state index in [1.165, 1.54) is 0 Å². The molecule has 0 spiro atoms. The van der Waals surface area contributed by atoms with Crippen LogP contribution in [0.25, 0.3) is 0 Å². The lowest BCUT2D eigenvalue weighted by atomic mass is 9.95. The van der Waals surface area contributed by atoms with Crippen LogP contribution in [0, 0.1) is 5.92 Å². The molecule has 0 amide bonds. The van der Waals surface area contributed by atoms with Gasteiger partial charge in [-0.05, 0) is 30.5 Å². The molecular formula is C12H15ClO2. The Bertz CT molecular complexity index is 319. The molecule has 1 aromatic carbocycles. The average Bonchev–Trinajstić information content (AvgIpc) is 2.20. The van der Waals surface area contributed by atoms with Crippen molar-refractivity contribution in [2.24, 2.45) is 5.92 Å². The summed E-state index contributed by atoms with van der Waals surface area (Å²) in [6.45, 7) is 2.00. The van der Waals surface area contributed by atoms with Crippen molar-refractivity contribution in [2.45, 2.75) is 26.2 Å². The molecule has 1 rings (SSSR count). The molecule has 1 atom stereocenters.